The molecule has 0 aliphatic heterocycles. The first-order chi connectivity index (χ1) is 5.15. The molecule has 0 saturated heterocycles. The van der Waals surface area contributed by atoms with E-state index in [1.54, 1.807) is 0 Å². The Kier molecular flexibility index (Phi) is 3.09. The number of aliphatic hydroxyl groups excluding tert-OH is 1. The fourth-order valence-corrected chi connectivity index (χ4v) is 1.91. The quantitative estimate of drug-likeness (QED) is 0.787. The maximum absolute atomic E-state index is 12.6. The van der Waals surface area contributed by atoms with Gasteiger partial charge in [-0.2, -0.15) is 0 Å². The van der Waals surface area contributed by atoms with Crippen molar-refractivity contribution in [2.45, 2.75) is 6.61 Å². The van der Waals surface area contributed by atoms with Crippen LogP contribution in [0.4, 0.5) is 4.39 Å². The molecule has 11 heavy (non-hydrogen) atoms. The summed E-state index contributed by atoms with van der Waals surface area (Å²) in [6.07, 6.45) is 0. The Morgan fingerprint density at radius 1 is 1.55 bits per heavy atom. The van der Waals surface area contributed by atoms with Gasteiger partial charge in [0.1, 0.15) is 5.82 Å². The van der Waals surface area contributed by atoms with Gasteiger partial charge in [0.15, 0.2) is 0 Å². The molecule has 60 valence electrons. The summed E-state index contributed by atoms with van der Waals surface area (Å²) in [4.78, 5) is 0. The second kappa shape index (κ2) is 3.69. The smallest absolute Gasteiger partial charge is 0.125 e. The van der Waals surface area contributed by atoms with Crippen LogP contribution in [0.2, 0.25) is 5.02 Å². The van der Waals surface area contributed by atoms with E-state index in [-0.39, 0.29) is 17.4 Å². The van der Waals surface area contributed by atoms with Gasteiger partial charge in [0.2, 0.25) is 0 Å². The lowest BCUT2D eigenvalue weighted by atomic mass is 10.2. The standard InChI is InChI=1S/C7H5ClFIO/c8-6-1-4(9)2-7(10)5(6)3-11/h1-2,11H,3H2. The van der Waals surface area contributed by atoms with Crippen LogP contribution in [0.25, 0.3) is 0 Å². The van der Waals surface area contributed by atoms with E-state index in [1.807, 2.05) is 22.6 Å². The molecule has 1 N–H and O–H groups in total. The van der Waals surface area contributed by atoms with Crippen LogP contribution in [0, 0.1) is 9.39 Å². The fourth-order valence-electron chi connectivity index (χ4n) is 0.723. The molecule has 0 atom stereocenters. The highest BCUT2D eigenvalue weighted by atomic mass is 127. The van der Waals surface area contributed by atoms with Crippen molar-refractivity contribution in [3.05, 3.63) is 32.1 Å². The zero-order valence-corrected chi connectivity index (χ0v) is 8.36. The van der Waals surface area contributed by atoms with Gasteiger partial charge in [-0.15, -0.1) is 0 Å². The maximum atomic E-state index is 12.6. The van der Waals surface area contributed by atoms with Crippen molar-refractivity contribution in [1.29, 1.82) is 0 Å². The summed E-state index contributed by atoms with van der Waals surface area (Å²) in [7, 11) is 0. The molecule has 0 saturated carbocycles. The fraction of sp³-hybridized carbons (Fsp3) is 0.143. The van der Waals surface area contributed by atoms with Crippen molar-refractivity contribution >= 4 is 34.2 Å². The van der Waals surface area contributed by atoms with Crippen LogP contribution in [0.3, 0.4) is 0 Å². The minimum absolute atomic E-state index is 0.155. The van der Waals surface area contributed by atoms with E-state index in [2.05, 4.69) is 0 Å². The second-order valence-electron chi connectivity index (χ2n) is 2.01. The zero-order chi connectivity index (χ0) is 8.43. The van der Waals surface area contributed by atoms with E-state index in [0.717, 1.165) is 0 Å². The highest BCUT2D eigenvalue weighted by molar-refractivity contribution is 14.1. The van der Waals surface area contributed by atoms with Crippen molar-refractivity contribution in [2.75, 3.05) is 0 Å². The van der Waals surface area contributed by atoms with Gasteiger partial charge in [-0.3, -0.25) is 0 Å². The minimum Gasteiger partial charge on any atom is -0.392 e. The second-order valence-corrected chi connectivity index (χ2v) is 3.58. The molecule has 0 amide bonds. The Hall–Kier alpha value is 0.130. The summed E-state index contributed by atoms with van der Waals surface area (Å²) >= 11 is 7.56. The molecule has 0 fully saturated rings. The van der Waals surface area contributed by atoms with Crippen molar-refractivity contribution in [3.8, 4) is 0 Å². The number of rotatable bonds is 1. The maximum Gasteiger partial charge on any atom is 0.125 e. The zero-order valence-electron chi connectivity index (χ0n) is 5.44. The van der Waals surface area contributed by atoms with Crippen LogP contribution in [0.1, 0.15) is 5.56 Å². The van der Waals surface area contributed by atoms with Gasteiger partial charge < -0.3 is 5.11 Å². The molecule has 0 aromatic heterocycles. The molecule has 0 aliphatic carbocycles. The third-order valence-electron chi connectivity index (χ3n) is 1.26. The lowest BCUT2D eigenvalue weighted by molar-refractivity contribution is 0.281. The monoisotopic (exact) mass is 286 g/mol. The van der Waals surface area contributed by atoms with Crippen LogP contribution in [0.5, 0.6) is 0 Å². The van der Waals surface area contributed by atoms with Gasteiger partial charge in [-0.05, 0) is 34.7 Å². The van der Waals surface area contributed by atoms with Crippen LogP contribution in [0.15, 0.2) is 12.1 Å². The van der Waals surface area contributed by atoms with Crippen LogP contribution < -0.4 is 0 Å². The van der Waals surface area contributed by atoms with E-state index in [1.165, 1.54) is 12.1 Å². The lowest BCUT2D eigenvalue weighted by Gasteiger charge is -2.02. The van der Waals surface area contributed by atoms with Crippen molar-refractivity contribution in [2.24, 2.45) is 0 Å². The van der Waals surface area contributed by atoms with Crippen LogP contribution >= 0.6 is 34.2 Å². The third kappa shape index (κ3) is 2.04. The first-order valence-corrected chi connectivity index (χ1v) is 4.35. The molecule has 1 aromatic rings. The predicted octanol–water partition coefficient (Wildman–Crippen LogP) is 2.58. The minimum atomic E-state index is -0.378. The summed E-state index contributed by atoms with van der Waals surface area (Å²) in [5.74, 6) is -0.378. The molecular formula is C7H5ClFIO. The predicted molar refractivity (Wildman–Crippen MR) is 50.0 cm³/mol. The van der Waals surface area contributed by atoms with Crippen LogP contribution in [-0.2, 0) is 6.61 Å². The first kappa shape index (κ1) is 9.22. The number of halogens is 3. The third-order valence-corrected chi connectivity index (χ3v) is 2.56. The Morgan fingerprint density at radius 3 is 2.64 bits per heavy atom. The summed E-state index contributed by atoms with van der Waals surface area (Å²) in [5, 5.41) is 9.05. The summed E-state index contributed by atoms with van der Waals surface area (Å²) < 4.78 is 13.2. The van der Waals surface area contributed by atoms with Gasteiger partial charge >= 0.3 is 0 Å². The van der Waals surface area contributed by atoms with E-state index in [4.69, 9.17) is 16.7 Å². The Labute approximate surface area is 82.3 Å². The number of aliphatic hydroxyl groups is 1. The van der Waals surface area contributed by atoms with Crippen molar-refractivity contribution in [3.63, 3.8) is 0 Å². The normalized spacial score (nSPS) is 10.2. The molecule has 4 heteroatoms. The topological polar surface area (TPSA) is 20.2 Å². The molecular weight excluding hydrogens is 281 g/mol. The summed E-state index contributed by atoms with van der Waals surface area (Å²) in [6, 6.07) is 2.52. The molecule has 1 aromatic carbocycles. The van der Waals surface area contributed by atoms with Gasteiger partial charge in [0.25, 0.3) is 0 Å². The largest absolute Gasteiger partial charge is 0.392 e. The summed E-state index contributed by atoms with van der Waals surface area (Å²) in [5.41, 5.74) is 0.577. The van der Waals surface area contributed by atoms with E-state index >= 15 is 0 Å². The molecule has 0 heterocycles. The average molecular weight is 286 g/mol. The van der Waals surface area contributed by atoms with Crippen LogP contribution in [-0.4, -0.2) is 5.11 Å². The van der Waals surface area contributed by atoms with E-state index in [0.29, 0.717) is 9.13 Å². The summed E-state index contributed by atoms with van der Waals surface area (Å²) in [6.45, 7) is -0.155. The van der Waals surface area contributed by atoms with Gasteiger partial charge in [0.05, 0.1) is 11.6 Å². The lowest BCUT2D eigenvalue weighted by Crippen LogP contribution is -1.91. The molecule has 0 spiro atoms. The number of hydrogen-bond acceptors (Lipinski definition) is 1. The highest BCUT2D eigenvalue weighted by Gasteiger charge is 2.05. The molecule has 0 radical (unpaired) electrons. The number of benzene rings is 1. The van der Waals surface area contributed by atoms with Crippen molar-refractivity contribution in [1.82, 2.24) is 0 Å². The van der Waals surface area contributed by atoms with E-state index in [9.17, 15) is 4.39 Å². The SMILES string of the molecule is OCc1c(Cl)cc(F)cc1I. The molecule has 0 bridgehead atoms. The first-order valence-electron chi connectivity index (χ1n) is 2.89. The molecule has 0 unspecified atom stereocenters. The Balaban J connectivity index is 3.25. The molecule has 1 rings (SSSR count). The Morgan fingerprint density at radius 2 is 2.18 bits per heavy atom. The van der Waals surface area contributed by atoms with Gasteiger partial charge in [-0.25, -0.2) is 4.39 Å². The van der Waals surface area contributed by atoms with Crippen molar-refractivity contribution < 1.29 is 9.50 Å². The highest BCUT2D eigenvalue weighted by Crippen LogP contribution is 2.23. The number of hydrogen-bond donors (Lipinski definition) is 1. The Bertz CT molecular complexity index is 254. The van der Waals surface area contributed by atoms with Gasteiger partial charge in [0, 0.05) is 9.13 Å². The molecule has 1 nitrogen and oxygen atoms in total. The average Bonchev–Trinajstić information content (AvgIpc) is 1.85. The van der Waals surface area contributed by atoms with E-state index < -0.39 is 0 Å². The molecule has 0 aliphatic rings. The van der Waals surface area contributed by atoms with Gasteiger partial charge in [-0.1, -0.05) is 11.6 Å².